The minimum absolute atomic E-state index is 0.00404. The third-order valence-electron chi connectivity index (χ3n) is 8.15. The summed E-state index contributed by atoms with van der Waals surface area (Å²) in [5.41, 5.74) is -0.268. The van der Waals surface area contributed by atoms with Crippen molar-refractivity contribution >= 4 is 46.5 Å². The standard InChI is InChI=1S/C33H33BrN3O9P/c34-16-15-24-19-36(33(41)35-31(24)39)30-18-27(38)29(45-30)21-44-47(42,46-28-14-6-11-23-10-4-5-12-25(23)28)37-17-7-13-26(37)32(40)43-20-22-8-2-1-3-9-22/h1-6,8-12,14-16,19,26-27,29-30,38H,7,13,17-18,20-21H2,(H,35,39,41)/b16-15+/t26-,27-,29+,30+,47?/m0/s1. The van der Waals surface area contributed by atoms with E-state index in [-0.39, 0.29) is 31.7 Å². The summed E-state index contributed by atoms with van der Waals surface area (Å²) >= 11 is 3.12. The minimum atomic E-state index is -4.29. The highest BCUT2D eigenvalue weighted by molar-refractivity contribution is 9.11. The van der Waals surface area contributed by atoms with Gasteiger partial charge in [0.2, 0.25) is 0 Å². The number of aliphatic hydroxyl groups excluding tert-OH is 1. The van der Waals surface area contributed by atoms with Crippen LogP contribution in [0.3, 0.4) is 0 Å². The van der Waals surface area contributed by atoms with E-state index >= 15 is 0 Å². The number of carbonyl (C=O) groups excluding carboxylic acids is 1. The van der Waals surface area contributed by atoms with Gasteiger partial charge in [-0.05, 0) is 40.9 Å². The molecule has 1 unspecified atom stereocenters. The van der Waals surface area contributed by atoms with Crippen molar-refractivity contribution in [3.8, 4) is 5.75 Å². The van der Waals surface area contributed by atoms with Crippen molar-refractivity contribution in [3.63, 3.8) is 0 Å². The van der Waals surface area contributed by atoms with Gasteiger partial charge in [0.05, 0.1) is 18.3 Å². The molecule has 0 spiro atoms. The monoisotopic (exact) mass is 725 g/mol. The van der Waals surface area contributed by atoms with Gasteiger partial charge >= 0.3 is 19.4 Å². The van der Waals surface area contributed by atoms with E-state index in [0.29, 0.717) is 24.0 Å². The average Bonchev–Trinajstić information content (AvgIpc) is 3.72. The van der Waals surface area contributed by atoms with E-state index in [1.165, 1.54) is 26.5 Å². The molecule has 2 saturated heterocycles. The van der Waals surface area contributed by atoms with Gasteiger partial charge in [-0.2, -0.15) is 4.67 Å². The molecule has 0 amide bonds. The van der Waals surface area contributed by atoms with Gasteiger partial charge in [0.1, 0.15) is 30.7 Å². The Balaban J connectivity index is 1.25. The zero-order valence-electron chi connectivity index (χ0n) is 25.1. The Bertz CT molecular complexity index is 1930. The topological polar surface area (TPSA) is 149 Å². The highest BCUT2D eigenvalue weighted by atomic mass is 79.9. The summed E-state index contributed by atoms with van der Waals surface area (Å²) in [6.45, 7) is -0.0884. The van der Waals surface area contributed by atoms with E-state index in [4.69, 9.17) is 18.5 Å². The van der Waals surface area contributed by atoms with Crippen LogP contribution in [0, 0.1) is 0 Å². The minimum Gasteiger partial charge on any atom is -0.460 e. The van der Waals surface area contributed by atoms with Crippen LogP contribution >= 0.6 is 23.7 Å². The van der Waals surface area contributed by atoms with Crippen molar-refractivity contribution in [2.24, 2.45) is 0 Å². The van der Waals surface area contributed by atoms with Crippen molar-refractivity contribution in [2.75, 3.05) is 13.2 Å². The normalized spacial score (nSPS) is 22.9. The lowest BCUT2D eigenvalue weighted by Gasteiger charge is -2.31. The molecule has 47 heavy (non-hydrogen) atoms. The number of aromatic amines is 1. The Morgan fingerprint density at radius 2 is 1.85 bits per heavy atom. The van der Waals surface area contributed by atoms with E-state index in [1.807, 2.05) is 60.7 Å². The van der Waals surface area contributed by atoms with Crippen LogP contribution in [0.15, 0.2) is 93.6 Å². The molecule has 2 fully saturated rings. The molecule has 246 valence electrons. The molecule has 2 aliphatic heterocycles. The van der Waals surface area contributed by atoms with Gasteiger partial charge in [-0.1, -0.05) is 82.7 Å². The Labute approximate surface area is 278 Å². The molecule has 4 aromatic rings. The van der Waals surface area contributed by atoms with Gasteiger partial charge in [0.15, 0.2) is 0 Å². The number of nitrogens with zero attached hydrogens (tertiary/aromatic N) is 2. The highest BCUT2D eigenvalue weighted by Crippen LogP contribution is 2.56. The number of rotatable bonds is 11. The molecule has 5 atom stereocenters. The van der Waals surface area contributed by atoms with E-state index in [9.17, 15) is 24.1 Å². The molecular formula is C33H33BrN3O9P. The Morgan fingerprint density at radius 3 is 2.66 bits per heavy atom. The van der Waals surface area contributed by atoms with E-state index < -0.39 is 49.4 Å². The van der Waals surface area contributed by atoms with Gasteiger partial charge in [-0.15, -0.1) is 0 Å². The van der Waals surface area contributed by atoms with E-state index in [0.717, 1.165) is 10.9 Å². The van der Waals surface area contributed by atoms with Crippen molar-refractivity contribution in [1.29, 1.82) is 0 Å². The Kier molecular flexibility index (Phi) is 10.2. The molecule has 3 heterocycles. The summed E-state index contributed by atoms with van der Waals surface area (Å²) in [7, 11) is -4.29. The maximum Gasteiger partial charge on any atom is 0.462 e. The smallest absolute Gasteiger partial charge is 0.460 e. The number of esters is 1. The largest absolute Gasteiger partial charge is 0.462 e. The van der Waals surface area contributed by atoms with Crippen LogP contribution in [0.25, 0.3) is 16.8 Å². The zero-order valence-corrected chi connectivity index (χ0v) is 27.6. The molecule has 0 saturated carbocycles. The van der Waals surface area contributed by atoms with Crippen LogP contribution in [0.2, 0.25) is 0 Å². The fourth-order valence-corrected chi connectivity index (χ4v) is 8.04. The highest BCUT2D eigenvalue weighted by Gasteiger charge is 2.48. The van der Waals surface area contributed by atoms with Crippen LogP contribution < -0.4 is 15.8 Å². The predicted molar refractivity (Wildman–Crippen MR) is 178 cm³/mol. The number of H-pyrrole nitrogens is 1. The first kappa shape index (κ1) is 33.1. The van der Waals surface area contributed by atoms with Gasteiger partial charge in [0, 0.05) is 24.5 Å². The molecular weight excluding hydrogens is 693 g/mol. The number of halogens is 1. The second kappa shape index (κ2) is 14.5. The predicted octanol–water partition coefficient (Wildman–Crippen LogP) is 5.12. The first-order valence-electron chi connectivity index (χ1n) is 15.1. The first-order chi connectivity index (χ1) is 22.8. The fraction of sp³-hybridized carbons (Fsp3) is 0.303. The summed E-state index contributed by atoms with van der Waals surface area (Å²) in [5, 5.41) is 12.5. The third-order valence-corrected chi connectivity index (χ3v) is 10.4. The Hall–Kier alpha value is -3.84. The zero-order chi connectivity index (χ0) is 33.0. The molecule has 0 radical (unpaired) electrons. The van der Waals surface area contributed by atoms with Crippen molar-refractivity contribution < 1.29 is 33.0 Å². The fourth-order valence-electron chi connectivity index (χ4n) is 5.77. The molecule has 3 aromatic carbocycles. The Morgan fingerprint density at radius 1 is 1.09 bits per heavy atom. The number of nitrogens with one attached hydrogen (secondary N) is 1. The van der Waals surface area contributed by atoms with Crippen LogP contribution in [0.4, 0.5) is 0 Å². The lowest BCUT2D eigenvalue weighted by atomic mass is 10.1. The van der Waals surface area contributed by atoms with Gasteiger partial charge in [0.25, 0.3) is 5.56 Å². The summed E-state index contributed by atoms with van der Waals surface area (Å²) in [5.74, 6) is -0.257. The second-order valence-electron chi connectivity index (χ2n) is 11.2. The number of aromatic nitrogens is 2. The number of hydrogen-bond donors (Lipinski definition) is 2. The SMILES string of the molecule is O=C(OCc1ccccc1)[C@@H]1CCCN1P(=O)(OC[C@H]1O[C@@H](n2cc(/C=C/Br)c(=O)[nH]c2=O)C[C@@H]1O)Oc1cccc2ccccc12. The molecule has 0 aliphatic carbocycles. The number of fused-ring (bicyclic) bond motifs is 1. The molecule has 0 bridgehead atoms. The van der Waals surface area contributed by atoms with E-state index in [2.05, 4.69) is 20.9 Å². The van der Waals surface area contributed by atoms with Gasteiger partial charge < -0.3 is 19.1 Å². The quantitative estimate of drug-likeness (QED) is 0.158. The lowest BCUT2D eigenvalue weighted by molar-refractivity contribution is -0.149. The maximum atomic E-state index is 14.9. The van der Waals surface area contributed by atoms with Crippen LogP contribution in [-0.2, 0) is 30.0 Å². The molecule has 6 rings (SSSR count). The number of hydrogen-bond acceptors (Lipinski definition) is 9. The van der Waals surface area contributed by atoms with Gasteiger partial charge in [-0.3, -0.25) is 23.7 Å². The summed E-state index contributed by atoms with van der Waals surface area (Å²) in [4.78, 5) is 41.8. The average molecular weight is 727 g/mol. The van der Waals surface area contributed by atoms with Crippen molar-refractivity contribution in [1.82, 2.24) is 14.2 Å². The molecule has 1 aromatic heterocycles. The van der Waals surface area contributed by atoms with E-state index in [1.54, 1.807) is 12.1 Å². The molecule has 14 heteroatoms. The maximum absolute atomic E-state index is 14.9. The second-order valence-corrected chi connectivity index (χ2v) is 13.6. The van der Waals surface area contributed by atoms with Crippen molar-refractivity contribution in [2.45, 2.75) is 50.3 Å². The van der Waals surface area contributed by atoms with Crippen LogP contribution in [0.5, 0.6) is 5.75 Å². The van der Waals surface area contributed by atoms with Crippen molar-refractivity contribution in [3.05, 3.63) is 116 Å². The number of benzene rings is 3. The molecule has 2 N–H and O–H groups in total. The summed E-state index contributed by atoms with van der Waals surface area (Å²) in [6.07, 6.45) is 0.686. The number of aliphatic hydroxyl groups is 1. The summed E-state index contributed by atoms with van der Waals surface area (Å²) in [6, 6.07) is 21.1. The van der Waals surface area contributed by atoms with Crippen LogP contribution in [0.1, 0.15) is 36.6 Å². The first-order valence-corrected chi connectivity index (χ1v) is 17.5. The third kappa shape index (κ3) is 7.35. The number of ether oxygens (including phenoxy) is 2. The van der Waals surface area contributed by atoms with Gasteiger partial charge in [-0.25, -0.2) is 9.36 Å². The summed E-state index contributed by atoms with van der Waals surface area (Å²) < 4.78 is 41.4. The lowest BCUT2D eigenvalue weighted by Crippen LogP contribution is -2.38. The van der Waals surface area contributed by atoms with Crippen LogP contribution in [-0.4, -0.2) is 56.7 Å². The molecule has 12 nitrogen and oxygen atoms in total. The molecule has 2 aliphatic rings. The number of carbonyl (C=O) groups is 1.